The van der Waals surface area contributed by atoms with Crippen LogP contribution in [0.3, 0.4) is 0 Å². The Morgan fingerprint density at radius 3 is 2.73 bits per heavy atom. The maximum atomic E-state index is 12.5. The Morgan fingerprint density at radius 1 is 1.19 bits per heavy atom. The summed E-state index contributed by atoms with van der Waals surface area (Å²) in [6.45, 7) is 0. The molecule has 0 spiro atoms. The van der Waals surface area contributed by atoms with Gasteiger partial charge in [0.15, 0.2) is 6.10 Å². The third-order valence-electron chi connectivity index (χ3n) is 4.20. The fraction of sp³-hybridized carbons (Fsp3) is 0.158. The molecule has 26 heavy (non-hydrogen) atoms. The van der Waals surface area contributed by atoms with E-state index in [0.717, 1.165) is 16.8 Å². The molecule has 1 aliphatic rings. The maximum Gasteiger partial charge on any atom is 0.274 e. The number of nitrogens with one attached hydrogen (secondary N) is 1. The topological polar surface area (TPSA) is 81.4 Å². The summed E-state index contributed by atoms with van der Waals surface area (Å²) in [6, 6.07) is 15.3. The largest absolute Gasteiger partial charge is 0.387 e. The van der Waals surface area contributed by atoms with E-state index in [9.17, 15) is 4.79 Å². The van der Waals surface area contributed by atoms with Crippen molar-refractivity contribution in [2.75, 3.05) is 5.32 Å². The second-order valence-corrected chi connectivity index (χ2v) is 5.98. The van der Waals surface area contributed by atoms with Crippen molar-refractivity contribution in [1.82, 2.24) is 14.8 Å². The summed E-state index contributed by atoms with van der Waals surface area (Å²) in [5.74, 6) is 0.306. The average molecular weight is 347 g/mol. The summed E-state index contributed by atoms with van der Waals surface area (Å²) in [5, 5.41) is 11.2. The number of hydrogen-bond donors (Lipinski definition) is 1. The number of aryl methyl sites for hydroxylation is 1. The fourth-order valence-corrected chi connectivity index (χ4v) is 2.79. The number of carbonyl (C=O) groups excluding carboxylic acids is 1. The van der Waals surface area contributed by atoms with Crippen molar-refractivity contribution in [3.8, 4) is 11.3 Å². The van der Waals surface area contributed by atoms with Gasteiger partial charge in [-0.1, -0.05) is 35.5 Å². The molecule has 1 aromatic carbocycles. The lowest BCUT2D eigenvalue weighted by molar-refractivity contribution is -0.110. The number of oxime groups is 1. The van der Waals surface area contributed by atoms with Gasteiger partial charge < -0.3 is 10.2 Å². The highest BCUT2D eigenvalue weighted by molar-refractivity contribution is 6.43. The van der Waals surface area contributed by atoms with E-state index in [4.69, 9.17) is 4.84 Å². The van der Waals surface area contributed by atoms with E-state index in [1.54, 1.807) is 24.1 Å². The molecule has 0 bridgehead atoms. The standard InChI is InChI=1S/C19H17N5O2/c1-24-18(12-15(22-24)13-7-9-20-10-8-13)21-19(25)16-11-17(26-23-16)14-5-3-2-4-6-14/h2-10,12,17H,11H2,1H3,(H,21,25). The SMILES string of the molecule is Cn1nc(-c2ccncc2)cc1NC(=O)C1=NOC(c2ccccc2)C1. The number of carbonyl (C=O) groups is 1. The first-order chi connectivity index (χ1) is 12.7. The van der Waals surface area contributed by atoms with Gasteiger partial charge in [-0.2, -0.15) is 5.10 Å². The molecule has 4 rings (SSSR count). The molecule has 1 unspecified atom stereocenters. The van der Waals surface area contributed by atoms with Gasteiger partial charge in [0.1, 0.15) is 11.5 Å². The number of aromatic nitrogens is 3. The van der Waals surface area contributed by atoms with Crippen molar-refractivity contribution in [3.05, 3.63) is 66.5 Å². The minimum absolute atomic E-state index is 0.226. The maximum absolute atomic E-state index is 12.5. The number of benzene rings is 1. The number of nitrogens with zero attached hydrogens (tertiary/aromatic N) is 4. The van der Waals surface area contributed by atoms with Crippen LogP contribution in [0.15, 0.2) is 66.1 Å². The molecule has 1 aliphatic heterocycles. The van der Waals surface area contributed by atoms with Crippen LogP contribution in [0.25, 0.3) is 11.3 Å². The van der Waals surface area contributed by atoms with Crippen LogP contribution < -0.4 is 5.32 Å². The number of rotatable bonds is 4. The molecule has 0 aliphatic carbocycles. The predicted octanol–water partition coefficient (Wildman–Crippen LogP) is 2.94. The van der Waals surface area contributed by atoms with Crippen LogP contribution in [0, 0.1) is 0 Å². The minimum Gasteiger partial charge on any atom is -0.387 e. The van der Waals surface area contributed by atoms with Crippen molar-refractivity contribution in [2.24, 2.45) is 12.2 Å². The third kappa shape index (κ3) is 3.19. The first kappa shape index (κ1) is 16.0. The molecule has 2 aromatic heterocycles. The zero-order chi connectivity index (χ0) is 17.9. The monoisotopic (exact) mass is 347 g/mol. The highest BCUT2D eigenvalue weighted by Crippen LogP contribution is 2.27. The van der Waals surface area contributed by atoms with Crippen molar-refractivity contribution in [1.29, 1.82) is 0 Å². The summed E-state index contributed by atoms with van der Waals surface area (Å²) in [6.07, 6.45) is 3.62. The molecule has 1 N–H and O–H groups in total. The Morgan fingerprint density at radius 2 is 1.96 bits per heavy atom. The Bertz CT molecular complexity index is 951. The Hall–Kier alpha value is -3.48. The van der Waals surface area contributed by atoms with Crippen LogP contribution in [-0.4, -0.2) is 26.4 Å². The molecule has 0 radical (unpaired) electrons. The predicted molar refractivity (Wildman–Crippen MR) is 97.4 cm³/mol. The minimum atomic E-state index is -0.285. The highest BCUT2D eigenvalue weighted by Gasteiger charge is 2.27. The number of pyridine rings is 1. The van der Waals surface area contributed by atoms with Gasteiger partial charge in [-0.3, -0.25) is 14.5 Å². The summed E-state index contributed by atoms with van der Waals surface area (Å²) < 4.78 is 1.62. The van der Waals surface area contributed by atoms with Gasteiger partial charge in [0.25, 0.3) is 5.91 Å². The molecule has 3 aromatic rings. The summed E-state index contributed by atoms with van der Waals surface area (Å²) in [7, 11) is 1.78. The molecular weight excluding hydrogens is 330 g/mol. The van der Waals surface area contributed by atoms with Crippen LogP contribution in [0.1, 0.15) is 18.1 Å². The van der Waals surface area contributed by atoms with E-state index in [0.29, 0.717) is 18.0 Å². The number of amides is 1. The van der Waals surface area contributed by atoms with Gasteiger partial charge in [0.05, 0.1) is 5.69 Å². The molecule has 7 nitrogen and oxygen atoms in total. The summed E-state index contributed by atoms with van der Waals surface area (Å²) in [4.78, 5) is 21.9. The van der Waals surface area contributed by atoms with Gasteiger partial charge >= 0.3 is 0 Å². The van der Waals surface area contributed by atoms with E-state index in [-0.39, 0.29) is 12.0 Å². The number of hydrogen-bond acceptors (Lipinski definition) is 5. The van der Waals surface area contributed by atoms with Crippen LogP contribution in [0.4, 0.5) is 5.82 Å². The van der Waals surface area contributed by atoms with Gasteiger partial charge in [0, 0.05) is 37.5 Å². The lowest BCUT2D eigenvalue weighted by atomic mass is 10.0. The summed E-state index contributed by atoms with van der Waals surface area (Å²) in [5.41, 5.74) is 3.06. The first-order valence-corrected chi connectivity index (χ1v) is 8.24. The molecule has 0 saturated heterocycles. The Balaban J connectivity index is 1.45. The van der Waals surface area contributed by atoms with E-state index in [2.05, 4.69) is 20.6 Å². The molecule has 0 fully saturated rings. The smallest absolute Gasteiger partial charge is 0.274 e. The third-order valence-corrected chi connectivity index (χ3v) is 4.20. The van der Waals surface area contributed by atoms with E-state index in [1.807, 2.05) is 48.5 Å². The van der Waals surface area contributed by atoms with Crippen LogP contribution in [0.2, 0.25) is 0 Å². The summed E-state index contributed by atoms with van der Waals surface area (Å²) >= 11 is 0. The van der Waals surface area contributed by atoms with Crippen molar-refractivity contribution < 1.29 is 9.63 Å². The molecule has 7 heteroatoms. The quantitative estimate of drug-likeness (QED) is 0.787. The lowest BCUT2D eigenvalue weighted by Gasteiger charge is -2.07. The first-order valence-electron chi connectivity index (χ1n) is 8.24. The van der Waals surface area contributed by atoms with E-state index in [1.165, 1.54) is 0 Å². The van der Waals surface area contributed by atoms with Crippen molar-refractivity contribution in [3.63, 3.8) is 0 Å². The molecule has 3 heterocycles. The molecule has 1 atom stereocenters. The second-order valence-electron chi connectivity index (χ2n) is 5.98. The van der Waals surface area contributed by atoms with Gasteiger partial charge in [-0.05, 0) is 17.7 Å². The van der Waals surface area contributed by atoms with Gasteiger partial charge in [-0.25, -0.2) is 0 Å². The van der Waals surface area contributed by atoms with Crippen LogP contribution in [-0.2, 0) is 16.7 Å². The molecule has 1 amide bonds. The van der Waals surface area contributed by atoms with Gasteiger partial charge in [0.2, 0.25) is 0 Å². The molecule has 0 saturated carbocycles. The molecule has 130 valence electrons. The Kier molecular flexibility index (Phi) is 4.18. The van der Waals surface area contributed by atoms with Crippen LogP contribution >= 0.6 is 0 Å². The average Bonchev–Trinajstić information content (AvgIpc) is 3.31. The Labute approximate surface area is 150 Å². The zero-order valence-electron chi connectivity index (χ0n) is 14.2. The van der Waals surface area contributed by atoms with Crippen molar-refractivity contribution in [2.45, 2.75) is 12.5 Å². The van der Waals surface area contributed by atoms with E-state index < -0.39 is 0 Å². The normalized spacial score (nSPS) is 16.0. The lowest BCUT2D eigenvalue weighted by Crippen LogP contribution is -2.23. The van der Waals surface area contributed by atoms with Gasteiger partial charge in [-0.15, -0.1) is 0 Å². The second kappa shape index (κ2) is 6.79. The molecular formula is C19H17N5O2. The zero-order valence-corrected chi connectivity index (χ0v) is 14.2. The number of anilines is 1. The van der Waals surface area contributed by atoms with Crippen molar-refractivity contribution >= 4 is 17.4 Å². The van der Waals surface area contributed by atoms with E-state index >= 15 is 0 Å². The van der Waals surface area contributed by atoms with Crippen LogP contribution in [0.5, 0.6) is 0 Å². The highest BCUT2D eigenvalue weighted by atomic mass is 16.6. The fourth-order valence-electron chi connectivity index (χ4n) is 2.79.